The molecule has 11 heteroatoms. The van der Waals surface area contributed by atoms with Crippen LogP contribution >= 0.6 is 23.8 Å². The number of hydrogen-bond acceptors (Lipinski definition) is 6. The summed E-state index contributed by atoms with van der Waals surface area (Å²) >= 11 is 10.4. The molecule has 26 heavy (non-hydrogen) atoms. The molecule has 0 saturated carbocycles. The van der Waals surface area contributed by atoms with Gasteiger partial charge in [0, 0.05) is 17.7 Å². The van der Waals surface area contributed by atoms with Crippen molar-refractivity contribution in [2.75, 3.05) is 0 Å². The van der Waals surface area contributed by atoms with Gasteiger partial charge in [0.25, 0.3) is 5.69 Å². The summed E-state index contributed by atoms with van der Waals surface area (Å²) in [5, 5.41) is 14.3. The van der Waals surface area contributed by atoms with Crippen molar-refractivity contribution in [2.24, 2.45) is 10.8 Å². The Kier molecular flexibility index (Phi) is 6.15. The molecule has 8 nitrogen and oxygen atoms in total. The van der Waals surface area contributed by atoms with Gasteiger partial charge in [0.15, 0.2) is 5.11 Å². The molecule has 0 unspecified atom stereocenters. The Balaban J connectivity index is 2.38. The highest BCUT2D eigenvalue weighted by Gasteiger charge is 2.20. The summed E-state index contributed by atoms with van der Waals surface area (Å²) in [6.45, 7) is 0. The number of thiocarbonyl (C=S) groups is 1. The van der Waals surface area contributed by atoms with Gasteiger partial charge in [0.2, 0.25) is 0 Å². The van der Waals surface area contributed by atoms with Gasteiger partial charge in [-0.25, -0.2) is 9.18 Å². The Bertz CT molecular complexity index is 902. The van der Waals surface area contributed by atoms with Crippen molar-refractivity contribution >= 4 is 46.8 Å². The van der Waals surface area contributed by atoms with Crippen molar-refractivity contribution in [3.63, 3.8) is 0 Å². The predicted octanol–water partition coefficient (Wildman–Crippen LogP) is 2.77. The first-order valence-electron chi connectivity index (χ1n) is 6.82. The van der Waals surface area contributed by atoms with E-state index in [0.29, 0.717) is 0 Å². The van der Waals surface area contributed by atoms with Crippen molar-refractivity contribution in [3.8, 4) is 5.75 Å². The molecule has 0 aliphatic rings. The Morgan fingerprint density at radius 3 is 2.77 bits per heavy atom. The topological polar surface area (TPSA) is 120 Å². The number of non-ortho nitro benzene ring substituents is 1. The highest BCUT2D eigenvalue weighted by Crippen LogP contribution is 2.26. The van der Waals surface area contributed by atoms with Crippen molar-refractivity contribution < 1.29 is 18.8 Å². The largest absolute Gasteiger partial charge is 0.422 e. The molecule has 3 N–H and O–H groups in total. The maximum Gasteiger partial charge on any atom is 0.348 e. The lowest BCUT2D eigenvalue weighted by Gasteiger charge is -2.09. The number of nitro groups is 1. The van der Waals surface area contributed by atoms with E-state index in [-0.39, 0.29) is 27.1 Å². The lowest BCUT2D eigenvalue weighted by Crippen LogP contribution is -2.24. The molecule has 0 atom stereocenters. The number of nitrogens with two attached hydrogens (primary N) is 1. The van der Waals surface area contributed by atoms with Crippen LogP contribution in [0, 0.1) is 15.9 Å². The standard InChI is InChI=1S/C15H10ClFN4O4S/c16-10-2-1-3-11(17)13(10)14(22)25-12-5-4-9(21(23)24)6-8(12)7-19-20-15(18)26/h1-7H,(H3,18,20,26). The Hall–Kier alpha value is -3.11. The third kappa shape index (κ3) is 4.71. The van der Waals surface area contributed by atoms with Crippen LogP contribution in [0.3, 0.4) is 0 Å². The molecule has 0 bridgehead atoms. The van der Waals surface area contributed by atoms with Crippen LogP contribution in [-0.2, 0) is 0 Å². The first-order valence-corrected chi connectivity index (χ1v) is 7.61. The second-order valence-electron chi connectivity index (χ2n) is 4.70. The number of carbonyl (C=O) groups excluding carboxylic acids is 1. The third-order valence-corrected chi connectivity index (χ3v) is 3.36. The van der Waals surface area contributed by atoms with E-state index in [1.165, 1.54) is 18.2 Å². The fraction of sp³-hybridized carbons (Fsp3) is 0. The molecule has 0 aliphatic carbocycles. The van der Waals surface area contributed by atoms with Gasteiger partial charge < -0.3 is 10.5 Å². The minimum Gasteiger partial charge on any atom is -0.422 e. The summed E-state index contributed by atoms with van der Waals surface area (Å²) in [6, 6.07) is 7.10. The fourth-order valence-corrected chi connectivity index (χ4v) is 2.15. The molecule has 0 spiro atoms. The number of carbonyl (C=O) groups is 1. The van der Waals surface area contributed by atoms with E-state index in [9.17, 15) is 19.3 Å². The number of hydrogen-bond donors (Lipinski definition) is 2. The highest BCUT2D eigenvalue weighted by atomic mass is 35.5. The summed E-state index contributed by atoms with van der Waals surface area (Å²) in [6.07, 6.45) is 1.11. The number of nitro benzene ring substituents is 1. The number of rotatable bonds is 5. The summed E-state index contributed by atoms with van der Waals surface area (Å²) in [4.78, 5) is 22.5. The summed E-state index contributed by atoms with van der Waals surface area (Å²) in [5.74, 6) is -2.04. The molecule has 2 aromatic carbocycles. The fourth-order valence-electron chi connectivity index (χ4n) is 1.85. The van der Waals surface area contributed by atoms with E-state index in [4.69, 9.17) is 22.1 Å². The normalized spacial score (nSPS) is 10.5. The quantitative estimate of drug-likeness (QED) is 0.199. The predicted molar refractivity (Wildman–Crippen MR) is 97.0 cm³/mol. The molecule has 0 heterocycles. The van der Waals surface area contributed by atoms with Crippen LogP contribution in [0.5, 0.6) is 5.75 Å². The molecule has 0 amide bonds. The average Bonchev–Trinajstić information content (AvgIpc) is 2.55. The van der Waals surface area contributed by atoms with Crippen LogP contribution in [0.15, 0.2) is 41.5 Å². The Morgan fingerprint density at radius 2 is 2.15 bits per heavy atom. The van der Waals surface area contributed by atoms with Crippen LogP contribution in [-0.4, -0.2) is 22.2 Å². The van der Waals surface area contributed by atoms with Crippen LogP contribution in [0.25, 0.3) is 0 Å². The smallest absolute Gasteiger partial charge is 0.348 e. The van der Waals surface area contributed by atoms with Crippen molar-refractivity contribution in [1.29, 1.82) is 0 Å². The van der Waals surface area contributed by atoms with Crippen LogP contribution in [0.1, 0.15) is 15.9 Å². The lowest BCUT2D eigenvalue weighted by atomic mass is 10.2. The highest BCUT2D eigenvalue weighted by molar-refractivity contribution is 7.80. The molecule has 2 aromatic rings. The zero-order valence-corrected chi connectivity index (χ0v) is 14.4. The van der Waals surface area contributed by atoms with E-state index >= 15 is 0 Å². The van der Waals surface area contributed by atoms with Crippen LogP contribution < -0.4 is 15.9 Å². The monoisotopic (exact) mass is 396 g/mol. The molecular weight excluding hydrogens is 387 g/mol. The first kappa shape index (κ1) is 19.2. The Morgan fingerprint density at radius 1 is 1.42 bits per heavy atom. The zero-order chi connectivity index (χ0) is 19.3. The van der Waals surface area contributed by atoms with E-state index in [1.54, 1.807) is 0 Å². The number of nitrogens with one attached hydrogen (secondary N) is 1. The van der Waals surface area contributed by atoms with E-state index in [0.717, 1.165) is 24.4 Å². The summed E-state index contributed by atoms with van der Waals surface area (Å²) in [7, 11) is 0. The Labute approximate surface area is 156 Å². The van der Waals surface area contributed by atoms with Gasteiger partial charge in [0.05, 0.1) is 16.2 Å². The lowest BCUT2D eigenvalue weighted by molar-refractivity contribution is -0.384. The molecule has 0 fully saturated rings. The SMILES string of the molecule is NC(=S)NN=Cc1cc([N+](=O)[O-])ccc1OC(=O)c1c(F)cccc1Cl. The van der Waals surface area contributed by atoms with Gasteiger partial charge in [-0.15, -0.1) is 0 Å². The summed E-state index contributed by atoms with van der Waals surface area (Å²) < 4.78 is 18.9. The molecule has 2 rings (SSSR count). The minimum absolute atomic E-state index is 0.0590. The van der Waals surface area contributed by atoms with Crippen LogP contribution in [0.2, 0.25) is 5.02 Å². The number of benzene rings is 2. The average molecular weight is 397 g/mol. The summed E-state index contributed by atoms with van der Waals surface area (Å²) in [5.41, 5.74) is 6.80. The number of esters is 1. The number of ether oxygens (including phenoxy) is 1. The van der Waals surface area contributed by atoms with E-state index in [2.05, 4.69) is 22.7 Å². The van der Waals surface area contributed by atoms with Gasteiger partial charge in [-0.05, 0) is 30.4 Å². The van der Waals surface area contributed by atoms with Gasteiger partial charge in [-0.1, -0.05) is 17.7 Å². The minimum atomic E-state index is -1.07. The maximum atomic E-state index is 13.8. The van der Waals surface area contributed by atoms with Gasteiger partial charge in [-0.3, -0.25) is 15.5 Å². The second-order valence-corrected chi connectivity index (χ2v) is 5.55. The maximum absolute atomic E-state index is 13.8. The molecule has 0 aromatic heterocycles. The molecule has 0 aliphatic heterocycles. The number of nitrogens with zero attached hydrogens (tertiary/aromatic N) is 2. The second kappa shape index (κ2) is 8.32. The van der Waals surface area contributed by atoms with Gasteiger partial charge >= 0.3 is 5.97 Å². The molecule has 0 saturated heterocycles. The van der Waals surface area contributed by atoms with Gasteiger partial charge in [0.1, 0.15) is 17.1 Å². The third-order valence-electron chi connectivity index (χ3n) is 2.95. The van der Waals surface area contributed by atoms with E-state index < -0.39 is 22.3 Å². The number of hydrazone groups is 1. The van der Waals surface area contributed by atoms with Crippen molar-refractivity contribution in [3.05, 3.63) is 68.5 Å². The van der Waals surface area contributed by atoms with Crippen molar-refractivity contribution in [2.45, 2.75) is 0 Å². The molecule has 134 valence electrons. The van der Waals surface area contributed by atoms with Crippen LogP contribution in [0.4, 0.5) is 10.1 Å². The molecular formula is C15H10ClFN4O4S. The number of halogens is 2. The first-order chi connectivity index (χ1) is 12.3. The van der Waals surface area contributed by atoms with Crippen molar-refractivity contribution in [1.82, 2.24) is 5.43 Å². The molecule has 0 radical (unpaired) electrons. The zero-order valence-electron chi connectivity index (χ0n) is 12.8. The van der Waals surface area contributed by atoms with E-state index in [1.807, 2.05) is 0 Å². The van der Waals surface area contributed by atoms with Gasteiger partial charge in [-0.2, -0.15) is 5.10 Å².